The standard InChI is InChI=1S/C25H32O5/c26-24(30-20-21-12-8-7-9-13-21)14-10-5-3-1-2-4-6-11-19-29-23-17-15-22(16-18-23)25(27)28/h7-9,12-13,15-18H,1-6,10-11,14,19-20H2,(H,27,28). The SMILES string of the molecule is O=C(CCCCCCCCCCOc1ccc(C(=O)O)cc1)OCc1ccccc1. The second-order valence-corrected chi connectivity index (χ2v) is 7.40. The van der Waals surface area contributed by atoms with Gasteiger partial charge in [0.05, 0.1) is 12.2 Å². The van der Waals surface area contributed by atoms with Crippen LogP contribution in [0.25, 0.3) is 0 Å². The maximum atomic E-state index is 11.7. The highest BCUT2D eigenvalue weighted by Gasteiger charge is 2.04. The number of unbranched alkanes of at least 4 members (excludes halogenated alkanes) is 7. The summed E-state index contributed by atoms with van der Waals surface area (Å²) in [7, 11) is 0. The first kappa shape index (κ1) is 23.5. The minimum atomic E-state index is -0.926. The number of carbonyl (C=O) groups excluding carboxylic acids is 1. The molecule has 162 valence electrons. The lowest BCUT2D eigenvalue weighted by atomic mass is 10.1. The second kappa shape index (κ2) is 14.2. The fourth-order valence-corrected chi connectivity index (χ4v) is 3.13. The van der Waals surface area contributed by atoms with Gasteiger partial charge in [0.25, 0.3) is 0 Å². The van der Waals surface area contributed by atoms with E-state index in [-0.39, 0.29) is 11.5 Å². The van der Waals surface area contributed by atoms with Crippen molar-refractivity contribution in [2.75, 3.05) is 6.61 Å². The average Bonchev–Trinajstić information content (AvgIpc) is 2.77. The van der Waals surface area contributed by atoms with Gasteiger partial charge < -0.3 is 14.6 Å². The van der Waals surface area contributed by atoms with Crippen molar-refractivity contribution in [2.45, 2.75) is 64.4 Å². The number of aromatic carboxylic acids is 1. The van der Waals surface area contributed by atoms with Gasteiger partial charge in [0, 0.05) is 6.42 Å². The molecular formula is C25H32O5. The van der Waals surface area contributed by atoms with E-state index in [1.165, 1.54) is 19.3 Å². The zero-order chi connectivity index (χ0) is 21.4. The van der Waals surface area contributed by atoms with E-state index < -0.39 is 5.97 Å². The molecule has 0 aliphatic rings. The molecule has 2 aromatic rings. The van der Waals surface area contributed by atoms with E-state index in [0.29, 0.717) is 25.4 Å². The van der Waals surface area contributed by atoms with E-state index in [1.807, 2.05) is 30.3 Å². The largest absolute Gasteiger partial charge is 0.494 e. The van der Waals surface area contributed by atoms with Crippen LogP contribution in [0.2, 0.25) is 0 Å². The maximum absolute atomic E-state index is 11.7. The first-order valence-electron chi connectivity index (χ1n) is 10.8. The summed E-state index contributed by atoms with van der Waals surface area (Å²) >= 11 is 0. The summed E-state index contributed by atoms with van der Waals surface area (Å²) in [6.45, 7) is 1.01. The molecule has 0 saturated carbocycles. The van der Waals surface area contributed by atoms with E-state index in [2.05, 4.69) is 0 Å². The molecule has 5 heteroatoms. The maximum Gasteiger partial charge on any atom is 0.335 e. The van der Waals surface area contributed by atoms with Crippen molar-refractivity contribution in [2.24, 2.45) is 0 Å². The Morgan fingerprint density at radius 2 is 1.33 bits per heavy atom. The Morgan fingerprint density at radius 3 is 1.97 bits per heavy atom. The predicted octanol–water partition coefficient (Wildman–Crippen LogP) is 6.02. The summed E-state index contributed by atoms with van der Waals surface area (Å²) in [5.41, 5.74) is 1.29. The summed E-state index contributed by atoms with van der Waals surface area (Å²) in [6, 6.07) is 16.2. The van der Waals surface area contributed by atoms with Crippen LogP contribution >= 0.6 is 0 Å². The van der Waals surface area contributed by atoms with Gasteiger partial charge in [-0.25, -0.2) is 4.79 Å². The number of rotatable bonds is 15. The highest BCUT2D eigenvalue weighted by molar-refractivity contribution is 5.87. The van der Waals surface area contributed by atoms with Crippen molar-refractivity contribution in [1.82, 2.24) is 0 Å². The molecule has 0 unspecified atom stereocenters. The van der Waals surface area contributed by atoms with Crippen molar-refractivity contribution in [3.63, 3.8) is 0 Å². The predicted molar refractivity (Wildman–Crippen MR) is 117 cm³/mol. The third kappa shape index (κ3) is 10.1. The van der Waals surface area contributed by atoms with Crippen LogP contribution in [0.4, 0.5) is 0 Å². The quantitative estimate of drug-likeness (QED) is 0.286. The van der Waals surface area contributed by atoms with Gasteiger partial charge in [-0.05, 0) is 42.7 Å². The van der Waals surface area contributed by atoms with Crippen molar-refractivity contribution in [3.8, 4) is 5.75 Å². The molecule has 0 spiro atoms. The van der Waals surface area contributed by atoms with E-state index in [4.69, 9.17) is 14.6 Å². The number of hydrogen-bond donors (Lipinski definition) is 1. The summed E-state index contributed by atoms with van der Waals surface area (Å²) in [5.74, 6) is -0.330. The molecule has 0 aliphatic carbocycles. The molecule has 0 bridgehead atoms. The van der Waals surface area contributed by atoms with E-state index in [0.717, 1.165) is 37.7 Å². The van der Waals surface area contributed by atoms with Crippen molar-refractivity contribution in [1.29, 1.82) is 0 Å². The number of benzene rings is 2. The molecule has 0 aliphatic heterocycles. The highest BCUT2D eigenvalue weighted by Crippen LogP contribution is 2.14. The summed E-state index contributed by atoms with van der Waals surface area (Å²) in [6.07, 6.45) is 9.30. The van der Waals surface area contributed by atoms with Crippen molar-refractivity contribution in [3.05, 3.63) is 65.7 Å². The van der Waals surface area contributed by atoms with Gasteiger partial charge in [0.1, 0.15) is 12.4 Å². The first-order valence-corrected chi connectivity index (χ1v) is 10.8. The number of carboxylic acid groups (broad SMARTS) is 1. The number of carboxylic acids is 1. The molecule has 0 atom stereocenters. The van der Waals surface area contributed by atoms with Gasteiger partial charge in [-0.1, -0.05) is 68.9 Å². The Balaban J connectivity index is 1.37. The third-order valence-corrected chi connectivity index (χ3v) is 4.89. The van der Waals surface area contributed by atoms with Gasteiger partial charge >= 0.3 is 11.9 Å². The summed E-state index contributed by atoms with van der Waals surface area (Å²) in [4.78, 5) is 22.5. The van der Waals surface area contributed by atoms with Gasteiger partial charge in [0.15, 0.2) is 0 Å². The molecule has 0 amide bonds. The number of esters is 1. The van der Waals surface area contributed by atoms with Crippen molar-refractivity contribution < 1.29 is 24.2 Å². The molecule has 2 aromatic carbocycles. The smallest absolute Gasteiger partial charge is 0.335 e. The van der Waals surface area contributed by atoms with Crippen LogP contribution in [0.1, 0.15) is 73.7 Å². The van der Waals surface area contributed by atoms with Gasteiger partial charge in [-0.15, -0.1) is 0 Å². The molecule has 0 aromatic heterocycles. The zero-order valence-electron chi connectivity index (χ0n) is 17.6. The van der Waals surface area contributed by atoms with Crippen LogP contribution < -0.4 is 4.74 Å². The van der Waals surface area contributed by atoms with Gasteiger partial charge in [0.2, 0.25) is 0 Å². The zero-order valence-corrected chi connectivity index (χ0v) is 17.6. The number of hydrogen-bond acceptors (Lipinski definition) is 4. The normalized spacial score (nSPS) is 10.5. The van der Waals surface area contributed by atoms with Crippen LogP contribution in [-0.4, -0.2) is 23.7 Å². The second-order valence-electron chi connectivity index (χ2n) is 7.40. The highest BCUT2D eigenvalue weighted by atomic mass is 16.5. The van der Waals surface area contributed by atoms with Crippen LogP contribution in [-0.2, 0) is 16.1 Å². The van der Waals surface area contributed by atoms with Crippen LogP contribution in [0, 0.1) is 0 Å². The summed E-state index contributed by atoms with van der Waals surface area (Å²) < 4.78 is 10.9. The van der Waals surface area contributed by atoms with Crippen LogP contribution in [0.3, 0.4) is 0 Å². The lowest BCUT2D eigenvalue weighted by Crippen LogP contribution is -2.04. The average molecular weight is 413 g/mol. The minimum Gasteiger partial charge on any atom is -0.494 e. The molecule has 30 heavy (non-hydrogen) atoms. The Labute approximate surface area is 179 Å². The molecule has 5 nitrogen and oxygen atoms in total. The van der Waals surface area contributed by atoms with E-state index >= 15 is 0 Å². The van der Waals surface area contributed by atoms with Crippen LogP contribution in [0.5, 0.6) is 5.75 Å². The lowest BCUT2D eigenvalue weighted by molar-refractivity contribution is -0.145. The first-order chi connectivity index (χ1) is 14.6. The van der Waals surface area contributed by atoms with Gasteiger partial charge in [-0.3, -0.25) is 4.79 Å². The molecule has 0 radical (unpaired) electrons. The Morgan fingerprint density at radius 1 is 0.733 bits per heavy atom. The monoisotopic (exact) mass is 412 g/mol. The molecular weight excluding hydrogens is 380 g/mol. The Hall–Kier alpha value is -2.82. The molecule has 2 rings (SSSR count). The summed E-state index contributed by atoms with van der Waals surface area (Å²) in [5, 5.41) is 8.86. The fraction of sp³-hybridized carbons (Fsp3) is 0.440. The van der Waals surface area contributed by atoms with Crippen LogP contribution in [0.15, 0.2) is 54.6 Å². The number of carbonyl (C=O) groups is 2. The Bertz CT molecular complexity index is 740. The molecule has 0 saturated heterocycles. The topological polar surface area (TPSA) is 72.8 Å². The Kier molecular flexibility index (Phi) is 11.1. The lowest BCUT2D eigenvalue weighted by Gasteiger charge is -2.07. The molecule has 0 fully saturated rings. The molecule has 1 N–H and O–H groups in total. The van der Waals surface area contributed by atoms with Crippen molar-refractivity contribution >= 4 is 11.9 Å². The molecule has 0 heterocycles. The van der Waals surface area contributed by atoms with Gasteiger partial charge in [-0.2, -0.15) is 0 Å². The minimum absolute atomic E-state index is 0.114. The fourth-order valence-electron chi connectivity index (χ4n) is 3.13. The number of ether oxygens (including phenoxy) is 2. The van der Waals surface area contributed by atoms with E-state index in [1.54, 1.807) is 24.3 Å². The third-order valence-electron chi connectivity index (χ3n) is 4.89. The van der Waals surface area contributed by atoms with E-state index in [9.17, 15) is 9.59 Å².